The van der Waals surface area contributed by atoms with E-state index in [0.717, 1.165) is 58.4 Å². The molecular weight excluding hydrogens is 454 g/mol. The van der Waals surface area contributed by atoms with E-state index < -0.39 is 0 Å². The molecule has 7 nitrogen and oxygen atoms in total. The lowest BCUT2D eigenvalue weighted by Gasteiger charge is -2.35. The summed E-state index contributed by atoms with van der Waals surface area (Å²) in [6.45, 7) is 6.62. The zero-order chi connectivity index (χ0) is 22.9. The molecule has 0 radical (unpaired) electrons. The number of aromatic nitrogens is 2. The summed E-state index contributed by atoms with van der Waals surface area (Å²) in [4.78, 5) is 38.6. The number of hydrogen-bond donors (Lipinski definition) is 0. The van der Waals surface area contributed by atoms with Crippen LogP contribution in [-0.2, 0) is 4.79 Å². The third kappa shape index (κ3) is 4.34. The SMILES string of the molecule is CCN1CCN(c2nc3ccccn3c(=O)c2/C=C2\SC(=S)N(C3CCCCC3)C2=O)CC1. The molecule has 1 aliphatic carbocycles. The van der Waals surface area contributed by atoms with Crippen LogP contribution in [0, 0.1) is 0 Å². The monoisotopic (exact) mass is 483 g/mol. The van der Waals surface area contributed by atoms with Gasteiger partial charge in [0.2, 0.25) is 0 Å². The number of thiocarbonyl (C=S) groups is 1. The Kier molecular flexibility index (Phi) is 6.53. The maximum atomic E-state index is 13.5. The highest BCUT2D eigenvalue weighted by molar-refractivity contribution is 8.26. The minimum absolute atomic E-state index is 0.0730. The highest BCUT2D eigenvalue weighted by Gasteiger charge is 2.38. The van der Waals surface area contributed by atoms with E-state index in [1.165, 1.54) is 18.2 Å². The minimum atomic E-state index is -0.156. The van der Waals surface area contributed by atoms with Crippen LogP contribution in [0.25, 0.3) is 11.7 Å². The number of piperazine rings is 1. The van der Waals surface area contributed by atoms with Gasteiger partial charge in [-0.3, -0.25) is 18.9 Å². The molecule has 174 valence electrons. The maximum Gasteiger partial charge on any atom is 0.267 e. The van der Waals surface area contributed by atoms with Gasteiger partial charge in [-0.2, -0.15) is 0 Å². The predicted molar refractivity (Wildman–Crippen MR) is 138 cm³/mol. The Morgan fingerprint density at radius 2 is 1.88 bits per heavy atom. The summed E-state index contributed by atoms with van der Waals surface area (Å²) in [5, 5.41) is 0. The average molecular weight is 484 g/mol. The van der Waals surface area contributed by atoms with Crippen molar-refractivity contribution in [2.45, 2.75) is 45.1 Å². The highest BCUT2D eigenvalue weighted by atomic mass is 32.2. The first-order valence-corrected chi connectivity index (χ1v) is 13.0. The molecule has 0 N–H and O–H groups in total. The van der Waals surface area contributed by atoms with Gasteiger partial charge in [0.1, 0.15) is 15.8 Å². The molecule has 0 bridgehead atoms. The number of anilines is 1. The number of nitrogens with zero attached hydrogens (tertiary/aromatic N) is 5. The molecule has 4 heterocycles. The number of likely N-dealkylation sites (N-methyl/N-ethyl adjacent to an activating group) is 1. The number of thioether (sulfide) groups is 1. The molecular formula is C24H29N5O2S2. The Hall–Kier alpha value is -2.23. The fourth-order valence-electron chi connectivity index (χ4n) is 5.00. The molecule has 3 aliphatic rings. The molecule has 0 spiro atoms. The molecule has 1 saturated carbocycles. The van der Waals surface area contributed by atoms with Crippen LogP contribution >= 0.6 is 24.0 Å². The number of hydrogen-bond acceptors (Lipinski definition) is 7. The number of fused-ring (bicyclic) bond motifs is 1. The molecule has 2 aromatic rings. The van der Waals surface area contributed by atoms with Crippen molar-refractivity contribution in [3.8, 4) is 0 Å². The number of rotatable bonds is 4. The molecule has 5 rings (SSSR count). The van der Waals surface area contributed by atoms with Crippen molar-refractivity contribution in [2.24, 2.45) is 0 Å². The Labute approximate surface area is 203 Å². The Bertz CT molecular complexity index is 1160. The van der Waals surface area contributed by atoms with Crippen molar-refractivity contribution in [1.82, 2.24) is 19.2 Å². The number of pyridine rings is 1. The molecule has 9 heteroatoms. The molecule has 1 amide bonds. The lowest BCUT2D eigenvalue weighted by Crippen LogP contribution is -2.47. The number of amides is 1. The van der Waals surface area contributed by atoms with Crippen LogP contribution in [0.5, 0.6) is 0 Å². The van der Waals surface area contributed by atoms with Gasteiger partial charge in [0.25, 0.3) is 11.5 Å². The van der Waals surface area contributed by atoms with Crippen LogP contribution in [0.15, 0.2) is 34.1 Å². The van der Waals surface area contributed by atoms with Crippen molar-refractivity contribution < 1.29 is 4.79 Å². The number of carbonyl (C=O) groups is 1. The zero-order valence-electron chi connectivity index (χ0n) is 18.9. The van der Waals surface area contributed by atoms with Gasteiger partial charge in [-0.25, -0.2) is 4.98 Å². The van der Waals surface area contributed by atoms with E-state index in [-0.39, 0.29) is 17.5 Å². The Balaban J connectivity index is 1.55. The van der Waals surface area contributed by atoms with Gasteiger partial charge < -0.3 is 9.80 Å². The summed E-state index contributed by atoms with van der Waals surface area (Å²) < 4.78 is 2.16. The Morgan fingerprint density at radius 3 is 2.61 bits per heavy atom. The van der Waals surface area contributed by atoms with Gasteiger partial charge in [-0.05, 0) is 37.6 Å². The Morgan fingerprint density at radius 1 is 1.12 bits per heavy atom. The average Bonchev–Trinajstić information content (AvgIpc) is 3.14. The largest absolute Gasteiger partial charge is 0.353 e. The minimum Gasteiger partial charge on any atom is -0.353 e. The van der Waals surface area contributed by atoms with E-state index in [1.807, 2.05) is 18.2 Å². The van der Waals surface area contributed by atoms with Crippen LogP contribution in [0.3, 0.4) is 0 Å². The smallest absolute Gasteiger partial charge is 0.267 e. The number of carbonyl (C=O) groups excluding carboxylic acids is 1. The fraction of sp³-hybridized carbons (Fsp3) is 0.500. The second-order valence-electron chi connectivity index (χ2n) is 8.85. The summed E-state index contributed by atoms with van der Waals surface area (Å²) in [6.07, 6.45) is 8.93. The summed E-state index contributed by atoms with van der Waals surface area (Å²) in [6, 6.07) is 5.73. The van der Waals surface area contributed by atoms with Gasteiger partial charge in [-0.15, -0.1) is 0 Å². The van der Waals surface area contributed by atoms with E-state index in [0.29, 0.717) is 26.3 Å². The van der Waals surface area contributed by atoms with Crippen molar-refractivity contribution in [2.75, 3.05) is 37.6 Å². The normalized spacial score (nSPS) is 22.2. The molecule has 0 aromatic carbocycles. The summed E-state index contributed by atoms with van der Waals surface area (Å²) in [7, 11) is 0. The third-order valence-corrected chi connectivity index (χ3v) is 8.24. The summed E-state index contributed by atoms with van der Waals surface area (Å²) in [5.74, 6) is 0.584. The molecule has 33 heavy (non-hydrogen) atoms. The quantitative estimate of drug-likeness (QED) is 0.488. The van der Waals surface area contributed by atoms with E-state index in [4.69, 9.17) is 17.2 Å². The van der Waals surface area contributed by atoms with Gasteiger partial charge in [0.15, 0.2) is 0 Å². The first-order valence-electron chi connectivity index (χ1n) is 11.8. The second-order valence-corrected chi connectivity index (χ2v) is 10.5. The molecule has 2 aromatic heterocycles. The molecule has 0 unspecified atom stereocenters. The van der Waals surface area contributed by atoms with Crippen molar-refractivity contribution >= 4 is 51.7 Å². The van der Waals surface area contributed by atoms with Crippen LogP contribution in [0.1, 0.15) is 44.6 Å². The standard InChI is InChI=1S/C24H29N5O2S2/c1-2-26-12-14-27(15-13-26)21-18(22(30)28-11-7-6-10-20(28)25-21)16-19-23(31)29(24(32)33-19)17-8-4-3-5-9-17/h6-7,10-11,16-17H,2-5,8-9,12-15H2,1H3/b19-16-. The van der Waals surface area contributed by atoms with Crippen LogP contribution in [0.2, 0.25) is 0 Å². The van der Waals surface area contributed by atoms with Gasteiger partial charge >= 0.3 is 0 Å². The van der Waals surface area contributed by atoms with E-state index >= 15 is 0 Å². The fourth-order valence-corrected chi connectivity index (χ4v) is 6.38. The van der Waals surface area contributed by atoms with Gasteiger partial charge in [0.05, 0.1) is 10.5 Å². The topological polar surface area (TPSA) is 61.2 Å². The maximum absolute atomic E-state index is 13.5. The third-order valence-electron chi connectivity index (χ3n) is 6.91. The molecule has 2 aliphatic heterocycles. The summed E-state index contributed by atoms with van der Waals surface area (Å²) in [5.41, 5.74) is 0.923. The van der Waals surface area contributed by atoms with Crippen molar-refractivity contribution in [3.05, 3.63) is 45.2 Å². The van der Waals surface area contributed by atoms with Crippen LogP contribution < -0.4 is 10.5 Å². The molecule has 2 saturated heterocycles. The first kappa shape index (κ1) is 22.6. The highest BCUT2D eigenvalue weighted by Crippen LogP contribution is 2.37. The van der Waals surface area contributed by atoms with Crippen LogP contribution in [-0.4, -0.2) is 68.2 Å². The second kappa shape index (κ2) is 9.56. The lowest BCUT2D eigenvalue weighted by atomic mass is 9.94. The first-order chi connectivity index (χ1) is 16.1. The van der Waals surface area contributed by atoms with Crippen molar-refractivity contribution in [1.29, 1.82) is 0 Å². The molecule has 3 fully saturated rings. The van der Waals surface area contributed by atoms with Gasteiger partial charge in [-0.1, -0.05) is 56.2 Å². The zero-order valence-corrected chi connectivity index (χ0v) is 20.5. The van der Waals surface area contributed by atoms with Gasteiger partial charge in [0, 0.05) is 38.4 Å². The summed E-state index contributed by atoms with van der Waals surface area (Å²) >= 11 is 6.91. The predicted octanol–water partition coefficient (Wildman–Crippen LogP) is 3.37. The van der Waals surface area contributed by atoms with E-state index in [9.17, 15) is 9.59 Å². The van der Waals surface area contributed by atoms with Crippen LogP contribution in [0.4, 0.5) is 5.82 Å². The van der Waals surface area contributed by atoms with E-state index in [1.54, 1.807) is 21.6 Å². The molecule has 0 atom stereocenters. The lowest BCUT2D eigenvalue weighted by molar-refractivity contribution is -0.124. The van der Waals surface area contributed by atoms with E-state index in [2.05, 4.69) is 16.7 Å². The van der Waals surface area contributed by atoms with Crippen molar-refractivity contribution in [3.63, 3.8) is 0 Å².